The van der Waals surface area contributed by atoms with Gasteiger partial charge in [-0.15, -0.1) is 0 Å². The summed E-state index contributed by atoms with van der Waals surface area (Å²) >= 11 is 0. The second-order valence-electron chi connectivity index (χ2n) is 6.69. The van der Waals surface area contributed by atoms with E-state index in [1.54, 1.807) is 7.11 Å². The number of amides is 1. The largest absolute Gasteiger partial charge is 0.497 e. The molecule has 0 saturated carbocycles. The molecule has 3 rings (SSSR count). The molecule has 0 N–H and O–H groups in total. The van der Waals surface area contributed by atoms with Crippen molar-refractivity contribution in [1.82, 2.24) is 14.7 Å². The van der Waals surface area contributed by atoms with E-state index in [2.05, 4.69) is 5.10 Å². The van der Waals surface area contributed by atoms with Crippen LogP contribution in [0.1, 0.15) is 43.7 Å². The lowest BCUT2D eigenvalue weighted by atomic mass is 10.0. The van der Waals surface area contributed by atoms with Crippen LogP contribution in [0.4, 0.5) is 5.69 Å². The lowest BCUT2D eigenvalue weighted by Gasteiger charge is -2.30. The molecule has 1 aromatic heterocycles. The van der Waals surface area contributed by atoms with Crippen LogP contribution in [0.2, 0.25) is 0 Å². The molecule has 1 fully saturated rings. The Morgan fingerprint density at radius 3 is 2.74 bits per heavy atom. The number of methoxy groups -OCH3 is 1. The van der Waals surface area contributed by atoms with Crippen LogP contribution in [0.3, 0.4) is 0 Å². The molecule has 1 aromatic carbocycles. The molecule has 0 aliphatic carbocycles. The van der Waals surface area contributed by atoms with Crippen LogP contribution in [0.25, 0.3) is 0 Å². The summed E-state index contributed by atoms with van der Waals surface area (Å²) in [6.45, 7) is 1.06. The Kier molecular flexibility index (Phi) is 6.05. The van der Waals surface area contributed by atoms with Crippen molar-refractivity contribution in [1.29, 1.82) is 0 Å². The number of rotatable bonds is 6. The molecular weight excluding hydrogens is 348 g/mol. The maximum atomic E-state index is 12.9. The lowest BCUT2D eigenvalue weighted by Crippen LogP contribution is -2.35. The van der Waals surface area contributed by atoms with Gasteiger partial charge >= 0.3 is 5.69 Å². The SMILES string of the molecule is COc1ccc(C2CCCCCN2C(=O)CCn2cc([N+](=O)[O-])cn2)cc1. The summed E-state index contributed by atoms with van der Waals surface area (Å²) in [6, 6.07) is 7.94. The number of benzene rings is 1. The fourth-order valence-electron chi connectivity index (χ4n) is 3.50. The van der Waals surface area contributed by atoms with Crippen molar-refractivity contribution in [2.24, 2.45) is 0 Å². The highest BCUT2D eigenvalue weighted by molar-refractivity contribution is 5.76. The summed E-state index contributed by atoms with van der Waals surface area (Å²) in [5, 5.41) is 14.7. The predicted octanol–water partition coefficient (Wildman–Crippen LogP) is 3.33. The van der Waals surface area contributed by atoms with Crippen molar-refractivity contribution in [2.75, 3.05) is 13.7 Å². The van der Waals surface area contributed by atoms with Gasteiger partial charge in [-0.2, -0.15) is 5.10 Å². The average molecular weight is 372 g/mol. The normalized spacial score (nSPS) is 17.4. The van der Waals surface area contributed by atoms with Crippen LogP contribution >= 0.6 is 0 Å². The van der Waals surface area contributed by atoms with Gasteiger partial charge in [0.25, 0.3) is 0 Å². The molecule has 0 spiro atoms. The minimum Gasteiger partial charge on any atom is -0.497 e. The fourth-order valence-corrected chi connectivity index (χ4v) is 3.50. The molecule has 27 heavy (non-hydrogen) atoms. The van der Waals surface area contributed by atoms with Gasteiger partial charge in [0.2, 0.25) is 5.91 Å². The van der Waals surface area contributed by atoms with E-state index in [1.165, 1.54) is 17.1 Å². The molecule has 0 radical (unpaired) electrons. The number of hydrogen-bond donors (Lipinski definition) is 0. The van der Waals surface area contributed by atoms with Gasteiger partial charge in [-0.3, -0.25) is 19.6 Å². The van der Waals surface area contributed by atoms with E-state index < -0.39 is 4.92 Å². The minimum absolute atomic E-state index is 0.0517. The van der Waals surface area contributed by atoms with E-state index >= 15 is 0 Å². The monoisotopic (exact) mass is 372 g/mol. The number of hydrogen-bond acceptors (Lipinski definition) is 5. The van der Waals surface area contributed by atoms with Crippen LogP contribution in [0.5, 0.6) is 5.75 Å². The van der Waals surface area contributed by atoms with Gasteiger partial charge in [0, 0.05) is 19.5 Å². The number of aromatic nitrogens is 2. The Balaban J connectivity index is 1.69. The summed E-state index contributed by atoms with van der Waals surface area (Å²) in [5.41, 5.74) is 1.05. The Bertz CT molecular complexity index is 787. The molecule has 1 atom stereocenters. The number of carbonyl (C=O) groups excluding carboxylic acids is 1. The van der Waals surface area contributed by atoms with E-state index in [9.17, 15) is 14.9 Å². The summed E-state index contributed by atoms with van der Waals surface area (Å²) in [4.78, 5) is 25.1. The topological polar surface area (TPSA) is 90.5 Å². The Morgan fingerprint density at radius 1 is 1.30 bits per heavy atom. The summed E-state index contributed by atoms with van der Waals surface area (Å²) in [6.07, 6.45) is 6.96. The van der Waals surface area contributed by atoms with Crippen LogP contribution < -0.4 is 4.74 Å². The zero-order chi connectivity index (χ0) is 19.2. The second kappa shape index (κ2) is 8.66. The number of likely N-dealkylation sites (tertiary alicyclic amines) is 1. The summed E-state index contributed by atoms with van der Waals surface area (Å²) in [5.74, 6) is 0.849. The highest BCUT2D eigenvalue weighted by Crippen LogP contribution is 2.31. The first-order chi connectivity index (χ1) is 13.1. The van der Waals surface area contributed by atoms with E-state index in [4.69, 9.17) is 4.74 Å². The van der Waals surface area contributed by atoms with E-state index in [1.807, 2.05) is 29.2 Å². The third kappa shape index (κ3) is 4.64. The molecule has 8 heteroatoms. The number of carbonyl (C=O) groups is 1. The standard InChI is InChI=1S/C19H24N4O4/c1-27-17-8-6-15(7-9-17)18-5-3-2-4-11-22(18)19(24)10-12-21-14-16(13-20-21)23(25)26/h6-9,13-14,18H,2-5,10-12H2,1H3. The summed E-state index contributed by atoms with van der Waals surface area (Å²) in [7, 11) is 1.64. The quantitative estimate of drug-likeness (QED) is 0.573. The fraction of sp³-hybridized carbons (Fsp3) is 0.474. The number of nitro groups is 1. The zero-order valence-electron chi connectivity index (χ0n) is 15.4. The first kappa shape index (κ1) is 18.9. The van der Waals surface area contributed by atoms with E-state index in [-0.39, 0.29) is 24.1 Å². The second-order valence-corrected chi connectivity index (χ2v) is 6.69. The molecule has 1 unspecified atom stereocenters. The molecule has 8 nitrogen and oxygen atoms in total. The smallest absolute Gasteiger partial charge is 0.306 e. The van der Waals surface area contributed by atoms with Gasteiger partial charge in [0.1, 0.15) is 18.1 Å². The molecule has 0 bridgehead atoms. The number of aryl methyl sites for hydroxylation is 1. The van der Waals surface area contributed by atoms with Crippen LogP contribution in [0.15, 0.2) is 36.7 Å². The van der Waals surface area contributed by atoms with Crippen molar-refractivity contribution < 1.29 is 14.5 Å². The third-order valence-corrected chi connectivity index (χ3v) is 4.96. The number of ether oxygens (including phenoxy) is 1. The van der Waals surface area contributed by atoms with Gasteiger partial charge < -0.3 is 9.64 Å². The van der Waals surface area contributed by atoms with Crippen LogP contribution in [-0.2, 0) is 11.3 Å². The minimum atomic E-state index is -0.486. The Hall–Kier alpha value is -2.90. The lowest BCUT2D eigenvalue weighted by molar-refractivity contribution is -0.385. The molecule has 144 valence electrons. The maximum Gasteiger partial charge on any atom is 0.306 e. The molecule has 2 heterocycles. The molecular formula is C19H24N4O4. The Labute approximate surface area is 157 Å². The first-order valence-corrected chi connectivity index (χ1v) is 9.19. The van der Waals surface area contributed by atoms with Gasteiger partial charge in [-0.25, -0.2) is 0 Å². The number of nitrogens with zero attached hydrogens (tertiary/aromatic N) is 4. The summed E-state index contributed by atoms with van der Waals surface area (Å²) < 4.78 is 6.68. The molecule has 2 aromatic rings. The van der Waals surface area contributed by atoms with Gasteiger partial charge in [-0.1, -0.05) is 25.0 Å². The molecule has 1 aliphatic heterocycles. The van der Waals surface area contributed by atoms with Gasteiger partial charge in [-0.05, 0) is 30.5 Å². The average Bonchev–Trinajstić information content (AvgIpc) is 3.03. The maximum absolute atomic E-state index is 12.9. The highest BCUT2D eigenvalue weighted by Gasteiger charge is 2.26. The predicted molar refractivity (Wildman–Crippen MR) is 99.4 cm³/mol. The molecule has 1 amide bonds. The molecule has 1 saturated heterocycles. The van der Waals surface area contributed by atoms with Crippen LogP contribution in [-0.4, -0.2) is 39.2 Å². The Morgan fingerprint density at radius 2 is 2.07 bits per heavy atom. The van der Waals surface area contributed by atoms with Crippen molar-refractivity contribution in [3.05, 3.63) is 52.3 Å². The van der Waals surface area contributed by atoms with E-state index in [0.29, 0.717) is 6.54 Å². The van der Waals surface area contributed by atoms with Crippen molar-refractivity contribution in [2.45, 2.75) is 44.7 Å². The van der Waals surface area contributed by atoms with Gasteiger partial charge in [0.05, 0.1) is 18.1 Å². The first-order valence-electron chi connectivity index (χ1n) is 9.19. The van der Waals surface area contributed by atoms with E-state index in [0.717, 1.165) is 43.5 Å². The third-order valence-electron chi connectivity index (χ3n) is 4.96. The highest BCUT2D eigenvalue weighted by atomic mass is 16.6. The van der Waals surface area contributed by atoms with Gasteiger partial charge in [0.15, 0.2) is 0 Å². The van der Waals surface area contributed by atoms with Crippen molar-refractivity contribution >= 4 is 11.6 Å². The van der Waals surface area contributed by atoms with Crippen molar-refractivity contribution in [3.63, 3.8) is 0 Å². The molecule has 1 aliphatic rings. The van der Waals surface area contributed by atoms with Crippen molar-refractivity contribution in [3.8, 4) is 5.75 Å². The van der Waals surface area contributed by atoms with Crippen LogP contribution in [0, 0.1) is 10.1 Å². The zero-order valence-corrected chi connectivity index (χ0v) is 15.4.